The first kappa shape index (κ1) is 21.1. The van der Waals surface area contributed by atoms with E-state index in [9.17, 15) is 13.2 Å². The second kappa shape index (κ2) is 8.00. The number of imidazole rings is 1. The topological polar surface area (TPSA) is 51.4 Å². The van der Waals surface area contributed by atoms with Gasteiger partial charge in [-0.15, -0.1) is 0 Å². The molecule has 1 N–H and O–H groups in total. The summed E-state index contributed by atoms with van der Waals surface area (Å²) in [5.74, 6) is 1.20. The Morgan fingerprint density at radius 3 is 2.33 bits per heavy atom. The molecule has 0 unspecified atom stereocenters. The zero-order valence-electron chi connectivity index (χ0n) is 17.5. The molecule has 5 rings (SSSR count). The van der Waals surface area contributed by atoms with Gasteiger partial charge in [-0.05, 0) is 55.5 Å². The predicted octanol–water partition coefficient (Wildman–Crippen LogP) is 6.32. The van der Waals surface area contributed by atoms with Crippen molar-refractivity contribution in [1.82, 2.24) is 24.3 Å². The smallest absolute Gasteiger partial charge is 0.316 e. The lowest BCUT2D eigenvalue weighted by Gasteiger charge is -2.12. The quantitative estimate of drug-likeness (QED) is 0.316. The summed E-state index contributed by atoms with van der Waals surface area (Å²) >= 11 is 5.47. The molecule has 0 spiro atoms. The lowest BCUT2D eigenvalue weighted by Crippen LogP contribution is -2.09. The third-order valence-electron chi connectivity index (χ3n) is 5.46. The van der Waals surface area contributed by atoms with E-state index >= 15 is 0 Å². The van der Waals surface area contributed by atoms with Crippen molar-refractivity contribution < 1.29 is 13.2 Å². The van der Waals surface area contributed by atoms with Crippen LogP contribution in [0.15, 0.2) is 72.8 Å². The Kier molecular flexibility index (Phi) is 5.13. The van der Waals surface area contributed by atoms with Crippen LogP contribution in [0.5, 0.6) is 0 Å². The molecule has 9 heteroatoms. The Hall–Kier alpha value is -3.72. The van der Waals surface area contributed by atoms with Crippen LogP contribution in [0.25, 0.3) is 28.1 Å². The Morgan fingerprint density at radius 1 is 0.939 bits per heavy atom. The Balaban J connectivity index is 1.63. The van der Waals surface area contributed by atoms with E-state index in [1.165, 1.54) is 12.1 Å². The average molecular weight is 466 g/mol. The maximum atomic E-state index is 13.0. The molecule has 0 aliphatic carbocycles. The van der Waals surface area contributed by atoms with Crippen LogP contribution in [0, 0.1) is 11.7 Å². The van der Waals surface area contributed by atoms with Crippen LogP contribution in [0.1, 0.15) is 17.0 Å². The molecule has 0 saturated carbocycles. The number of para-hydroxylation sites is 2. The van der Waals surface area contributed by atoms with Crippen molar-refractivity contribution in [1.29, 1.82) is 0 Å². The van der Waals surface area contributed by atoms with E-state index in [0.29, 0.717) is 28.5 Å². The number of aromatic amines is 1. The highest BCUT2D eigenvalue weighted by molar-refractivity contribution is 7.71. The number of hydrogen-bond acceptors (Lipinski definition) is 3. The fraction of sp³-hybridized carbons (Fsp3) is 0.125. The van der Waals surface area contributed by atoms with Gasteiger partial charge in [0.2, 0.25) is 0 Å². The fourth-order valence-electron chi connectivity index (χ4n) is 3.80. The summed E-state index contributed by atoms with van der Waals surface area (Å²) in [5.41, 5.74) is 3.46. The maximum Gasteiger partial charge on any atom is 0.416 e. The average Bonchev–Trinajstić information content (AvgIpc) is 3.35. The molecule has 2 aromatic heterocycles. The summed E-state index contributed by atoms with van der Waals surface area (Å²) in [4.78, 5) is 4.70. The van der Waals surface area contributed by atoms with Crippen molar-refractivity contribution in [2.45, 2.75) is 19.6 Å². The standard InChI is InChI=1S/C24H18F3N5S/c1-15-6-12-18(13-7-15)32-21(29-30-23(32)33)14-31-20-5-3-2-4-19(20)28-22(31)16-8-10-17(11-9-16)24(25,26)27/h2-13H,14H2,1H3,(H,30,33). The highest BCUT2D eigenvalue weighted by Crippen LogP contribution is 2.32. The van der Waals surface area contributed by atoms with Gasteiger partial charge in [-0.1, -0.05) is 42.0 Å². The van der Waals surface area contributed by atoms with Crippen molar-refractivity contribution in [3.05, 3.63) is 94.5 Å². The van der Waals surface area contributed by atoms with Crippen molar-refractivity contribution in [2.24, 2.45) is 0 Å². The van der Waals surface area contributed by atoms with E-state index in [1.54, 1.807) is 0 Å². The number of benzene rings is 3. The van der Waals surface area contributed by atoms with Crippen LogP contribution in [0.3, 0.4) is 0 Å². The number of alkyl halides is 3. The summed E-state index contributed by atoms with van der Waals surface area (Å²) < 4.78 is 43.4. The lowest BCUT2D eigenvalue weighted by atomic mass is 10.1. The molecule has 0 radical (unpaired) electrons. The number of halogens is 3. The number of H-pyrrole nitrogens is 1. The molecule has 0 fully saturated rings. The minimum Gasteiger partial charge on any atom is -0.316 e. The summed E-state index contributed by atoms with van der Waals surface area (Å²) in [5, 5.41) is 7.28. The second-order valence-electron chi connectivity index (χ2n) is 7.70. The number of nitrogens with one attached hydrogen (secondary N) is 1. The van der Waals surface area contributed by atoms with Crippen molar-refractivity contribution in [3.63, 3.8) is 0 Å². The molecule has 166 valence electrons. The van der Waals surface area contributed by atoms with E-state index in [-0.39, 0.29) is 0 Å². The number of aromatic nitrogens is 5. The van der Waals surface area contributed by atoms with Crippen molar-refractivity contribution in [3.8, 4) is 17.1 Å². The van der Waals surface area contributed by atoms with Gasteiger partial charge in [-0.2, -0.15) is 18.3 Å². The molecule has 0 saturated heterocycles. The number of rotatable bonds is 4. The summed E-state index contributed by atoms with van der Waals surface area (Å²) in [6, 6.07) is 20.5. The minimum absolute atomic E-state index is 0.317. The van der Waals surface area contributed by atoms with E-state index in [4.69, 9.17) is 17.2 Å². The van der Waals surface area contributed by atoms with Gasteiger partial charge in [0.1, 0.15) is 5.82 Å². The molecule has 0 aliphatic rings. The number of nitrogens with zero attached hydrogens (tertiary/aromatic N) is 4. The van der Waals surface area contributed by atoms with Gasteiger partial charge < -0.3 is 4.57 Å². The van der Waals surface area contributed by atoms with Gasteiger partial charge in [0.05, 0.1) is 23.1 Å². The molecule has 2 heterocycles. The monoisotopic (exact) mass is 465 g/mol. The first-order valence-electron chi connectivity index (χ1n) is 10.2. The van der Waals surface area contributed by atoms with Gasteiger partial charge in [-0.3, -0.25) is 9.67 Å². The Morgan fingerprint density at radius 2 is 1.64 bits per heavy atom. The van der Waals surface area contributed by atoms with Crippen molar-refractivity contribution >= 4 is 23.3 Å². The molecule has 5 nitrogen and oxygen atoms in total. The van der Waals surface area contributed by atoms with Gasteiger partial charge in [-0.25, -0.2) is 4.98 Å². The Bertz CT molecular complexity index is 1490. The number of fused-ring (bicyclic) bond motifs is 1. The van der Waals surface area contributed by atoms with E-state index < -0.39 is 11.7 Å². The highest BCUT2D eigenvalue weighted by Gasteiger charge is 2.30. The largest absolute Gasteiger partial charge is 0.416 e. The molecule has 3 aromatic carbocycles. The van der Waals surface area contributed by atoms with Gasteiger partial charge >= 0.3 is 6.18 Å². The fourth-order valence-corrected chi connectivity index (χ4v) is 4.06. The summed E-state index contributed by atoms with van der Waals surface area (Å²) in [6.07, 6.45) is -4.40. The van der Waals surface area contributed by atoms with Crippen LogP contribution in [0.2, 0.25) is 0 Å². The van der Waals surface area contributed by atoms with Gasteiger partial charge in [0, 0.05) is 11.3 Å². The number of hydrogen-bond donors (Lipinski definition) is 1. The summed E-state index contributed by atoms with van der Waals surface area (Å²) in [6.45, 7) is 2.32. The first-order chi connectivity index (χ1) is 15.8. The van der Waals surface area contributed by atoms with E-state index in [2.05, 4.69) is 10.2 Å². The molecule has 5 aromatic rings. The SMILES string of the molecule is Cc1ccc(-n2c(Cn3c(-c4ccc(C(F)(F)F)cc4)nc4ccccc43)n[nH]c2=S)cc1. The van der Waals surface area contributed by atoms with Crippen LogP contribution >= 0.6 is 12.2 Å². The highest BCUT2D eigenvalue weighted by atomic mass is 32.1. The molecule has 33 heavy (non-hydrogen) atoms. The molecule has 0 atom stereocenters. The Labute approximate surface area is 192 Å². The second-order valence-corrected chi connectivity index (χ2v) is 8.09. The van der Waals surface area contributed by atoms with Gasteiger partial charge in [0.25, 0.3) is 0 Å². The third-order valence-corrected chi connectivity index (χ3v) is 5.73. The number of aryl methyl sites for hydroxylation is 1. The van der Waals surface area contributed by atoms with Gasteiger partial charge in [0.15, 0.2) is 10.6 Å². The molecular formula is C24H18F3N5S. The van der Waals surface area contributed by atoms with Crippen molar-refractivity contribution in [2.75, 3.05) is 0 Å². The van der Waals surface area contributed by atoms with Crippen LogP contribution < -0.4 is 0 Å². The third kappa shape index (κ3) is 3.95. The van der Waals surface area contributed by atoms with Crippen LogP contribution in [0.4, 0.5) is 13.2 Å². The molecule has 0 aliphatic heterocycles. The minimum atomic E-state index is -4.40. The molecular weight excluding hydrogens is 447 g/mol. The molecule has 0 bridgehead atoms. The van der Waals surface area contributed by atoms with Crippen LogP contribution in [-0.4, -0.2) is 24.3 Å². The summed E-state index contributed by atoms with van der Waals surface area (Å²) in [7, 11) is 0. The molecule has 0 amide bonds. The van der Waals surface area contributed by atoms with E-state index in [0.717, 1.165) is 34.4 Å². The zero-order valence-corrected chi connectivity index (χ0v) is 18.3. The van der Waals surface area contributed by atoms with E-state index in [1.807, 2.05) is 64.6 Å². The van der Waals surface area contributed by atoms with Crippen LogP contribution in [-0.2, 0) is 12.7 Å². The first-order valence-corrected chi connectivity index (χ1v) is 10.6. The predicted molar refractivity (Wildman–Crippen MR) is 123 cm³/mol. The lowest BCUT2D eigenvalue weighted by molar-refractivity contribution is -0.137. The zero-order chi connectivity index (χ0) is 23.2. The normalized spacial score (nSPS) is 11.9. The maximum absolute atomic E-state index is 13.0.